The molecule has 2 unspecified atom stereocenters. The third kappa shape index (κ3) is 1.95. The fourth-order valence-electron chi connectivity index (χ4n) is 2.32. The van der Waals surface area contributed by atoms with Gasteiger partial charge >= 0.3 is 5.97 Å². The topological polar surface area (TPSA) is 66.4 Å². The molecule has 90 valence electrons. The average Bonchev–Trinajstić information content (AvgIpc) is 2.55. The van der Waals surface area contributed by atoms with Gasteiger partial charge in [-0.15, -0.1) is 0 Å². The summed E-state index contributed by atoms with van der Waals surface area (Å²) >= 11 is 3.41. The third-order valence-electron chi connectivity index (χ3n) is 3.21. The van der Waals surface area contributed by atoms with E-state index < -0.39 is 17.4 Å². The number of hydrogen-bond acceptors (Lipinski definition) is 2. The van der Waals surface area contributed by atoms with E-state index in [9.17, 15) is 14.7 Å². The Bertz CT molecular complexity index is 488. The SMILES string of the molecule is CC1(c2ccccc2Br)CC(=O)NC1C(=O)O. The van der Waals surface area contributed by atoms with Crippen molar-refractivity contribution in [3.8, 4) is 0 Å². The van der Waals surface area contributed by atoms with Crippen LogP contribution in [-0.2, 0) is 15.0 Å². The van der Waals surface area contributed by atoms with Crippen molar-refractivity contribution >= 4 is 27.8 Å². The first-order valence-electron chi connectivity index (χ1n) is 5.22. The van der Waals surface area contributed by atoms with Crippen LogP contribution in [0.4, 0.5) is 0 Å². The van der Waals surface area contributed by atoms with Crippen molar-refractivity contribution < 1.29 is 14.7 Å². The van der Waals surface area contributed by atoms with E-state index in [4.69, 9.17) is 0 Å². The summed E-state index contributed by atoms with van der Waals surface area (Å²) < 4.78 is 0.824. The summed E-state index contributed by atoms with van der Waals surface area (Å²) in [6.45, 7) is 1.80. The van der Waals surface area contributed by atoms with E-state index in [0.717, 1.165) is 10.0 Å². The van der Waals surface area contributed by atoms with Crippen molar-refractivity contribution in [1.82, 2.24) is 5.32 Å². The molecule has 17 heavy (non-hydrogen) atoms. The lowest BCUT2D eigenvalue weighted by Gasteiger charge is -2.28. The van der Waals surface area contributed by atoms with E-state index in [2.05, 4.69) is 21.2 Å². The number of carboxylic acid groups (broad SMARTS) is 1. The van der Waals surface area contributed by atoms with E-state index in [0.29, 0.717) is 0 Å². The van der Waals surface area contributed by atoms with E-state index in [1.54, 1.807) is 6.92 Å². The molecule has 1 aromatic rings. The second-order valence-electron chi connectivity index (χ2n) is 4.41. The highest BCUT2D eigenvalue weighted by atomic mass is 79.9. The minimum atomic E-state index is -1.01. The first kappa shape index (κ1) is 12.1. The zero-order valence-corrected chi connectivity index (χ0v) is 10.8. The van der Waals surface area contributed by atoms with Crippen molar-refractivity contribution in [3.05, 3.63) is 34.3 Å². The van der Waals surface area contributed by atoms with Crippen molar-refractivity contribution in [2.24, 2.45) is 0 Å². The maximum Gasteiger partial charge on any atom is 0.327 e. The second-order valence-corrected chi connectivity index (χ2v) is 5.27. The minimum absolute atomic E-state index is 0.187. The molecular formula is C12H12BrNO3. The van der Waals surface area contributed by atoms with Crippen LogP contribution in [0.2, 0.25) is 0 Å². The fraction of sp³-hybridized carbons (Fsp3) is 0.333. The predicted molar refractivity (Wildman–Crippen MR) is 65.7 cm³/mol. The molecule has 5 heteroatoms. The van der Waals surface area contributed by atoms with Crippen LogP contribution in [0.5, 0.6) is 0 Å². The summed E-state index contributed by atoms with van der Waals surface area (Å²) in [5.74, 6) is -1.23. The van der Waals surface area contributed by atoms with Gasteiger partial charge in [-0.2, -0.15) is 0 Å². The van der Waals surface area contributed by atoms with Crippen LogP contribution in [0.3, 0.4) is 0 Å². The summed E-state index contributed by atoms with van der Waals surface area (Å²) in [5, 5.41) is 11.7. The highest BCUT2D eigenvalue weighted by molar-refractivity contribution is 9.10. The number of rotatable bonds is 2. The molecule has 4 nitrogen and oxygen atoms in total. The maximum atomic E-state index is 11.5. The molecular weight excluding hydrogens is 286 g/mol. The largest absolute Gasteiger partial charge is 0.480 e. The number of aliphatic carboxylic acids is 1. The van der Waals surface area contributed by atoms with Crippen LogP contribution in [0.15, 0.2) is 28.7 Å². The number of hydrogen-bond donors (Lipinski definition) is 2. The molecule has 1 aliphatic heterocycles. The standard InChI is InChI=1S/C12H12BrNO3/c1-12(7-4-2-3-5-8(7)13)6-9(15)14-10(12)11(16)17/h2-5,10H,6H2,1H3,(H,14,15)(H,16,17). The zero-order chi connectivity index (χ0) is 12.6. The van der Waals surface area contributed by atoms with Crippen LogP contribution in [0.1, 0.15) is 18.9 Å². The molecule has 1 heterocycles. The summed E-state index contributed by atoms with van der Waals surface area (Å²) in [6.07, 6.45) is 0.187. The number of nitrogens with one attached hydrogen (secondary N) is 1. The van der Waals surface area contributed by atoms with Gasteiger partial charge in [0.25, 0.3) is 0 Å². The molecule has 1 aromatic carbocycles. The van der Waals surface area contributed by atoms with Gasteiger partial charge < -0.3 is 10.4 Å². The summed E-state index contributed by atoms with van der Waals surface area (Å²) in [4.78, 5) is 22.7. The Morgan fingerprint density at radius 1 is 1.53 bits per heavy atom. The van der Waals surface area contributed by atoms with E-state index >= 15 is 0 Å². The zero-order valence-electron chi connectivity index (χ0n) is 9.24. The summed E-state index contributed by atoms with van der Waals surface area (Å²) in [6, 6.07) is 6.51. The Labute approximate surface area is 107 Å². The molecule has 1 fully saturated rings. The average molecular weight is 298 g/mol. The Balaban J connectivity index is 2.51. The van der Waals surface area contributed by atoms with Gasteiger partial charge in [0.15, 0.2) is 0 Å². The lowest BCUT2D eigenvalue weighted by molar-refractivity contribution is -0.141. The lowest BCUT2D eigenvalue weighted by atomic mass is 9.76. The molecule has 1 aliphatic rings. The number of carbonyl (C=O) groups is 2. The number of carboxylic acids is 1. The monoisotopic (exact) mass is 297 g/mol. The summed E-state index contributed by atoms with van der Waals surface area (Å²) in [5.41, 5.74) is 0.119. The van der Waals surface area contributed by atoms with Gasteiger partial charge in [-0.1, -0.05) is 41.1 Å². The molecule has 1 amide bonds. The number of carbonyl (C=O) groups excluding carboxylic acids is 1. The van der Waals surface area contributed by atoms with Crippen LogP contribution in [0, 0.1) is 0 Å². The first-order valence-corrected chi connectivity index (χ1v) is 6.01. The van der Waals surface area contributed by atoms with Crippen LogP contribution in [-0.4, -0.2) is 23.0 Å². The van der Waals surface area contributed by atoms with Crippen molar-refractivity contribution in [2.75, 3.05) is 0 Å². The van der Waals surface area contributed by atoms with Gasteiger partial charge in [0.2, 0.25) is 5.91 Å². The van der Waals surface area contributed by atoms with E-state index in [1.165, 1.54) is 0 Å². The molecule has 0 saturated carbocycles. The lowest BCUT2D eigenvalue weighted by Crippen LogP contribution is -2.44. The molecule has 0 aliphatic carbocycles. The summed E-state index contributed by atoms with van der Waals surface area (Å²) in [7, 11) is 0. The Morgan fingerprint density at radius 2 is 2.18 bits per heavy atom. The maximum absolute atomic E-state index is 11.5. The van der Waals surface area contributed by atoms with Crippen LogP contribution >= 0.6 is 15.9 Å². The Hall–Kier alpha value is -1.36. The third-order valence-corrected chi connectivity index (χ3v) is 3.90. The van der Waals surface area contributed by atoms with Gasteiger partial charge in [0.1, 0.15) is 6.04 Å². The molecule has 0 spiro atoms. The Morgan fingerprint density at radius 3 is 2.76 bits per heavy atom. The smallest absolute Gasteiger partial charge is 0.327 e. The minimum Gasteiger partial charge on any atom is -0.480 e. The van der Waals surface area contributed by atoms with Crippen LogP contribution < -0.4 is 5.32 Å². The molecule has 2 N–H and O–H groups in total. The number of halogens is 1. The van der Waals surface area contributed by atoms with Gasteiger partial charge in [0, 0.05) is 16.3 Å². The van der Waals surface area contributed by atoms with Crippen molar-refractivity contribution in [2.45, 2.75) is 24.8 Å². The molecule has 0 bridgehead atoms. The second kappa shape index (κ2) is 4.14. The highest BCUT2D eigenvalue weighted by Gasteiger charge is 2.49. The number of benzene rings is 1. The van der Waals surface area contributed by atoms with Gasteiger partial charge in [0.05, 0.1) is 0 Å². The predicted octanol–water partition coefficient (Wildman–Crippen LogP) is 1.68. The van der Waals surface area contributed by atoms with E-state index in [-0.39, 0.29) is 12.3 Å². The van der Waals surface area contributed by atoms with Crippen LogP contribution in [0.25, 0.3) is 0 Å². The van der Waals surface area contributed by atoms with Crippen molar-refractivity contribution in [3.63, 3.8) is 0 Å². The number of amides is 1. The molecule has 2 atom stereocenters. The molecule has 0 aromatic heterocycles. The molecule has 2 rings (SSSR count). The highest BCUT2D eigenvalue weighted by Crippen LogP contribution is 2.39. The Kier molecular flexibility index (Phi) is 2.95. The van der Waals surface area contributed by atoms with Gasteiger partial charge in [-0.3, -0.25) is 4.79 Å². The molecule has 0 radical (unpaired) electrons. The van der Waals surface area contributed by atoms with Crippen molar-refractivity contribution in [1.29, 1.82) is 0 Å². The first-order chi connectivity index (χ1) is 7.95. The van der Waals surface area contributed by atoms with Gasteiger partial charge in [-0.05, 0) is 11.6 Å². The normalized spacial score (nSPS) is 27.9. The van der Waals surface area contributed by atoms with E-state index in [1.807, 2.05) is 24.3 Å². The van der Waals surface area contributed by atoms with Gasteiger partial charge in [-0.25, -0.2) is 4.79 Å². The quantitative estimate of drug-likeness (QED) is 0.873. The molecule has 1 saturated heterocycles. The fourth-order valence-corrected chi connectivity index (χ4v) is 3.05.